The van der Waals surface area contributed by atoms with Crippen LogP contribution in [0.15, 0.2) is 71.1 Å². The predicted molar refractivity (Wildman–Crippen MR) is 208 cm³/mol. The van der Waals surface area contributed by atoms with E-state index in [9.17, 15) is 9.18 Å². The van der Waals surface area contributed by atoms with Gasteiger partial charge in [-0.05, 0) is 91.9 Å². The monoisotopic (exact) mass is 706 g/mol. The summed E-state index contributed by atoms with van der Waals surface area (Å²) >= 11 is 5.97. The van der Waals surface area contributed by atoms with Crippen LogP contribution in [0.4, 0.5) is 4.39 Å². The Morgan fingerprint density at radius 2 is 1.78 bits per heavy atom. The first-order valence-electron chi connectivity index (χ1n) is 17.3. The van der Waals surface area contributed by atoms with E-state index in [1.807, 2.05) is 70.3 Å². The fourth-order valence-corrected chi connectivity index (χ4v) is 5.72. The molecule has 2 heterocycles. The van der Waals surface area contributed by atoms with Crippen LogP contribution in [0.2, 0.25) is 5.02 Å². The second-order valence-electron chi connectivity index (χ2n) is 15.0. The Hall–Kier alpha value is -3.99. The average Bonchev–Trinajstić information content (AvgIpc) is 3.45. The van der Waals surface area contributed by atoms with Gasteiger partial charge in [0.25, 0.3) is 0 Å². The number of halogens is 2. The molecular formula is C39H56ClFN8O. The van der Waals surface area contributed by atoms with Gasteiger partial charge < -0.3 is 27.5 Å². The maximum atomic E-state index is 14.0. The number of aromatic nitrogens is 3. The van der Waals surface area contributed by atoms with Crippen LogP contribution >= 0.6 is 11.6 Å². The molecule has 2 aromatic carbocycles. The molecule has 4 aromatic rings. The molecule has 272 valence electrons. The molecule has 0 unspecified atom stereocenters. The highest BCUT2D eigenvalue weighted by Gasteiger charge is 2.21. The van der Waals surface area contributed by atoms with Gasteiger partial charge in [0, 0.05) is 41.3 Å². The van der Waals surface area contributed by atoms with Crippen molar-refractivity contribution in [1.82, 2.24) is 19.9 Å². The minimum Gasteiger partial charge on any atom is -0.370 e. The van der Waals surface area contributed by atoms with E-state index in [4.69, 9.17) is 28.8 Å². The Kier molecular flexibility index (Phi) is 14.4. The number of hydrogen-bond acceptors (Lipinski definition) is 5. The molecule has 0 aliphatic rings. The molecule has 11 heteroatoms. The summed E-state index contributed by atoms with van der Waals surface area (Å²) in [7, 11) is 0. The van der Waals surface area contributed by atoms with Gasteiger partial charge in [-0.25, -0.2) is 9.18 Å². The molecule has 0 saturated heterocycles. The zero-order chi connectivity index (χ0) is 37.2. The van der Waals surface area contributed by atoms with Crippen LogP contribution in [0.1, 0.15) is 103 Å². The molecule has 2 atom stereocenters. The summed E-state index contributed by atoms with van der Waals surface area (Å²) in [6.45, 7) is 19.6. The number of nitrogens with one attached hydrogen (secondary N) is 2. The lowest BCUT2D eigenvalue weighted by atomic mass is 9.85. The molecule has 0 saturated carbocycles. The van der Waals surface area contributed by atoms with Gasteiger partial charge in [0.1, 0.15) is 11.5 Å². The molecule has 4 rings (SSSR count). The second kappa shape index (κ2) is 17.8. The summed E-state index contributed by atoms with van der Waals surface area (Å²) in [5.74, 6) is -0.180. The zero-order valence-corrected chi connectivity index (χ0v) is 31.5. The van der Waals surface area contributed by atoms with Crippen molar-refractivity contribution >= 4 is 28.6 Å². The molecule has 0 fully saturated rings. The van der Waals surface area contributed by atoms with E-state index in [1.165, 1.54) is 0 Å². The summed E-state index contributed by atoms with van der Waals surface area (Å²) in [4.78, 5) is 24.1. The first-order chi connectivity index (χ1) is 23.4. The number of nitrogens with zero attached hydrogens (tertiary/aromatic N) is 3. The van der Waals surface area contributed by atoms with Crippen molar-refractivity contribution in [2.45, 2.75) is 103 Å². The summed E-state index contributed by atoms with van der Waals surface area (Å²) in [6, 6.07) is 14.0. The van der Waals surface area contributed by atoms with E-state index in [-0.39, 0.29) is 45.4 Å². The average molecular weight is 707 g/mol. The van der Waals surface area contributed by atoms with Crippen molar-refractivity contribution in [3.63, 3.8) is 0 Å². The van der Waals surface area contributed by atoms with Crippen molar-refractivity contribution in [2.75, 3.05) is 13.1 Å². The SMILES string of the molecule is C=CC[C@H](NCCCN=C(N)N)c1ccc(-n2cc3cc(C(C)(C)C)[nH]c3nc2=O)cc1.C[C@H](N)CCCc1cc(Cl)c(F)c(C(C)(C)C)c1. The zero-order valence-electron chi connectivity index (χ0n) is 30.7. The molecule has 0 amide bonds. The molecule has 0 spiro atoms. The minimum absolute atomic E-state index is 0.0489. The molecule has 0 radical (unpaired) electrons. The fourth-order valence-electron chi connectivity index (χ4n) is 5.48. The number of benzene rings is 2. The minimum atomic E-state index is -0.312. The maximum Gasteiger partial charge on any atom is 0.354 e. The lowest BCUT2D eigenvalue weighted by Gasteiger charge is -2.21. The normalized spacial score (nSPS) is 13.0. The van der Waals surface area contributed by atoms with Gasteiger partial charge in [-0.15, -0.1) is 6.58 Å². The number of guanidine groups is 1. The third kappa shape index (κ3) is 11.8. The Bertz CT molecular complexity index is 1790. The van der Waals surface area contributed by atoms with E-state index in [1.54, 1.807) is 10.6 Å². The van der Waals surface area contributed by atoms with E-state index in [0.29, 0.717) is 17.8 Å². The standard InChI is InChI=1S/C24H33N7O.C15H23ClFN/c1-5-7-19(27-12-6-13-28-22(25)26)16-8-10-18(11-9-16)31-15-17-14-20(24(2,3)4)29-21(17)30-23(31)32;1-10(18)6-5-7-11-8-12(15(2,3)4)14(17)13(16)9-11/h5,8-11,14-15,19,27H,1,6-7,12-13H2,2-4H3,(H4,25,26,28)(H,29,30,32);8-10H,5-7,18H2,1-4H3/t19-;10-/m00/s1. The molecule has 0 aliphatic carbocycles. The molecule has 2 aromatic heterocycles. The van der Waals surface area contributed by atoms with E-state index < -0.39 is 0 Å². The molecule has 0 aliphatic heterocycles. The molecule has 8 N–H and O–H groups in total. The van der Waals surface area contributed by atoms with Gasteiger partial charge in [0.05, 0.1) is 10.7 Å². The number of hydrogen-bond donors (Lipinski definition) is 5. The maximum absolute atomic E-state index is 14.0. The number of rotatable bonds is 13. The van der Waals surface area contributed by atoms with E-state index in [2.05, 4.69) is 53.7 Å². The van der Waals surface area contributed by atoms with Crippen LogP contribution in [0.25, 0.3) is 16.7 Å². The van der Waals surface area contributed by atoms with E-state index in [0.717, 1.165) is 66.5 Å². The van der Waals surface area contributed by atoms with Crippen LogP contribution in [0.5, 0.6) is 0 Å². The third-order valence-corrected chi connectivity index (χ3v) is 8.61. The highest BCUT2D eigenvalue weighted by atomic mass is 35.5. The fraction of sp³-hybridized carbons (Fsp3) is 0.462. The number of H-pyrrole nitrogens is 1. The van der Waals surface area contributed by atoms with Gasteiger partial charge in [0.15, 0.2) is 5.96 Å². The summed E-state index contributed by atoms with van der Waals surface area (Å²) in [5, 5.41) is 4.64. The predicted octanol–water partition coefficient (Wildman–Crippen LogP) is 7.33. The Labute approximate surface area is 301 Å². The highest BCUT2D eigenvalue weighted by Crippen LogP contribution is 2.31. The molecule has 50 heavy (non-hydrogen) atoms. The Morgan fingerprint density at radius 1 is 1.10 bits per heavy atom. The smallest absolute Gasteiger partial charge is 0.354 e. The van der Waals surface area contributed by atoms with Crippen molar-refractivity contribution in [3.8, 4) is 5.69 Å². The largest absolute Gasteiger partial charge is 0.370 e. The lowest BCUT2D eigenvalue weighted by molar-refractivity contribution is 0.521. The molecular weight excluding hydrogens is 651 g/mol. The number of fused-ring (bicyclic) bond motifs is 1. The van der Waals surface area contributed by atoms with Gasteiger partial charge in [-0.1, -0.05) is 77.4 Å². The summed E-state index contributed by atoms with van der Waals surface area (Å²) in [5.41, 5.74) is 21.2. The Balaban J connectivity index is 0.000000319. The van der Waals surface area contributed by atoms with Crippen LogP contribution in [-0.4, -0.2) is 39.6 Å². The van der Waals surface area contributed by atoms with Crippen molar-refractivity contribution in [1.29, 1.82) is 0 Å². The second-order valence-corrected chi connectivity index (χ2v) is 15.4. The van der Waals surface area contributed by atoms with Gasteiger partial charge in [0.2, 0.25) is 0 Å². The van der Waals surface area contributed by atoms with Gasteiger partial charge in [-0.2, -0.15) is 4.98 Å². The van der Waals surface area contributed by atoms with Crippen molar-refractivity contribution < 1.29 is 4.39 Å². The highest BCUT2D eigenvalue weighted by molar-refractivity contribution is 6.30. The quantitative estimate of drug-likeness (QED) is 0.0425. The topological polar surface area (TPSA) is 153 Å². The summed E-state index contributed by atoms with van der Waals surface area (Å²) < 4.78 is 15.6. The number of aliphatic imine (C=N–C) groups is 1. The Morgan fingerprint density at radius 3 is 2.36 bits per heavy atom. The van der Waals surface area contributed by atoms with Crippen LogP contribution in [0.3, 0.4) is 0 Å². The van der Waals surface area contributed by atoms with Crippen LogP contribution in [0, 0.1) is 5.82 Å². The molecule has 0 bridgehead atoms. The summed E-state index contributed by atoms with van der Waals surface area (Å²) in [6.07, 6.45) is 8.22. The van der Waals surface area contributed by atoms with Gasteiger partial charge >= 0.3 is 5.69 Å². The van der Waals surface area contributed by atoms with Crippen molar-refractivity contribution in [2.24, 2.45) is 22.2 Å². The third-order valence-electron chi connectivity index (χ3n) is 8.33. The first kappa shape index (κ1) is 40.4. The number of aromatic amines is 1. The lowest BCUT2D eigenvalue weighted by Crippen LogP contribution is -2.25. The van der Waals surface area contributed by atoms with E-state index >= 15 is 0 Å². The van der Waals surface area contributed by atoms with Crippen LogP contribution in [-0.2, 0) is 17.3 Å². The molecule has 9 nitrogen and oxygen atoms in total. The number of aryl methyl sites for hydroxylation is 1. The van der Waals surface area contributed by atoms with Crippen LogP contribution < -0.4 is 28.2 Å². The van der Waals surface area contributed by atoms with Gasteiger partial charge in [-0.3, -0.25) is 9.56 Å². The van der Waals surface area contributed by atoms with Crippen molar-refractivity contribution in [3.05, 3.63) is 105 Å². The number of nitrogens with two attached hydrogens (primary N) is 3. The first-order valence-corrected chi connectivity index (χ1v) is 17.7.